The second kappa shape index (κ2) is 11.2. The van der Waals surface area contributed by atoms with Crippen molar-refractivity contribution in [2.75, 3.05) is 0 Å². The van der Waals surface area contributed by atoms with E-state index in [-0.39, 0.29) is 27.8 Å². The van der Waals surface area contributed by atoms with Crippen molar-refractivity contribution in [1.82, 2.24) is 0 Å². The fourth-order valence-corrected chi connectivity index (χ4v) is 6.50. The topological polar surface area (TPSA) is 68.3 Å². The highest BCUT2D eigenvalue weighted by Gasteiger charge is 2.53. The summed E-state index contributed by atoms with van der Waals surface area (Å²) in [4.78, 5) is 28.1. The van der Waals surface area contributed by atoms with Gasteiger partial charge in [-0.25, -0.2) is 8.42 Å². The van der Waals surface area contributed by atoms with Gasteiger partial charge in [0.25, 0.3) is 0 Å². The number of carbonyl (C=O) groups excluding carboxylic acids is 2. The quantitative estimate of drug-likeness (QED) is 0.208. The molecule has 0 amide bonds. The number of Topliss-reactive ketones (excluding diaryl/α,β-unsaturated/α-hetero) is 2. The van der Waals surface area contributed by atoms with Gasteiger partial charge < -0.3 is 0 Å². The number of fused-ring (bicyclic) bond motifs is 1. The molecule has 0 aromatic heterocycles. The zero-order valence-corrected chi connectivity index (χ0v) is 21.5. The lowest BCUT2D eigenvalue weighted by Gasteiger charge is -2.25. The zero-order chi connectivity index (χ0) is 25.6. The van der Waals surface area contributed by atoms with E-state index in [1.54, 1.807) is 78.9 Å². The average molecular weight is 501 g/mol. The summed E-state index contributed by atoms with van der Waals surface area (Å²) in [5.41, 5.74) is -0.554. The van der Waals surface area contributed by atoms with Crippen LogP contribution in [-0.4, -0.2) is 20.0 Å². The fourth-order valence-electron chi connectivity index (χ4n) is 4.94. The van der Waals surface area contributed by atoms with Crippen LogP contribution in [0.3, 0.4) is 0 Å². The molecular weight excluding hydrogens is 468 g/mol. The van der Waals surface area contributed by atoms with Crippen molar-refractivity contribution in [3.63, 3.8) is 0 Å². The molecule has 0 atom stereocenters. The van der Waals surface area contributed by atoms with Crippen molar-refractivity contribution in [2.45, 2.75) is 62.2 Å². The third kappa shape index (κ3) is 4.85. The number of rotatable bonds is 11. The van der Waals surface area contributed by atoms with Gasteiger partial charge in [-0.3, -0.25) is 9.59 Å². The van der Waals surface area contributed by atoms with Crippen LogP contribution in [0.5, 0.6) is 0 Å². The number of allylic oxidation sites excluding steroid dienone is 2. The summed E-state index contributed by atoms with van der Waals surface area (Å²) in [5, 5.41) is 0. The van der Waals surface area contributed by atoms with Gasteiger partial charge in [-0.15, -0.1) is 0 Å². The van der Waals surface area contributed by atoms with Crippen LogP contribution in [0.25, 0.3) is 0 Å². The molecule has 4 nitrogen and oxygen atoms in total. The Morgan fingerprint density at radius 1 is 0.694 bits per heavy atom. The van der Waals surface area contributed by atoms with Crippen LogP contribution in [0.15, 0.2) is 101 Å². The minimum Gasteiger partial charge on any atom is -0.292 e. The summed E-state index contributed by atoms with van der Waals surface area (Å²) in [6.07, 6.45) is 7.72. The van der Waals surface area contributed by atoms with E-state index >= 15 is 0 Å². The predicted molar refractivity (Wildman–Crippen MR) is 143 cm³/mol. The summed E-state index contributed by atoms with van der Waals surface area (Å²) in [6.45, 7) is 2.16. The van der Waals surface area contributed by atoms with Crippen molar-refractivity contribution in [3.8, 4) is 0 Å². The van der Waals surface area contributed by atoms with E-state index in [4.69, 9.17) is 0 Å². The third-order valence-corrected chi connectivity index (χ3v) is 8.82. The standard InChI is InChI=1S/C31H32O4S/c1-2-3-4-5-6-11-20-26(36(34,35)25-18-12-8-13-19-25)23-31(24-16-9-7-10-17-24)29(32)27-21-14-15-22-28(27)30(31)33/h7-10,12-19,21-23H,2-6,11,20H2,1H3/b26-23-. The molecule has 4 rings (SSSR count). The highest BCUT2D eigenvalue weighted by atomic mass is 32.2. The first kappa shape index (κ1) is 25.8. The number of carbonyl (C=O) groups is 2. The van der Waals surface area contributed by atoms with Gasteiger partial charge in [0, 0.05) is 16.0 Å². The van der Waals surface area contributed by atoms with E-state index in [9.17, 15) is 18.0 Å². The Morgan fingerprint density at radius 3 is 1.78 bits per heavy atom. The lowest BCUT2D eigenvalue weighted by molar-refractivity contribution is 0.0834. The first-order chi connectivity index (χ1) is 17.4. The van der Waals surface area contributed by atoms with Gasteiger partial charge in [-0.05, 0) is 36.6 Å². The monoisotopic (exact) mass is 500 g/mol. The van der Waals surface area contributed by atoms with Gasteiger partial charge in [0.15, 0.2) is 11.6 Å². The summed E-state index contributed by atoms with van der Waals surface area (Å²) in [6, 6.07) is 23.8. The molecule has 36 heavy (non-hydrogen) atoms. The van der Waals surface area contributed by atoms with Gasteiger partial charge >= 0.3 is 0 Å². The Hall–Kier alpha value is -3.31. The van der Waals surface area contributed by atoms with E-state index in [1.165, 1.54) is 6.08 Å². The van der Waals surface area contributed by atoms with Crippen LogP contribution < -0.4 is 0 Å². The smallest absolute Gasteiger partial charge is 0.202 e. The van der Waals surface area contributed by atoms with E-state index in [1.807, 2.05) is 6.07 Å². The number of benzene rings is 3. The summed E-state index contributed by atoms with van der Waals surface area (Å²) in [7, 11) is -3.91. The number of sulfone groups is 1. The van der Waals surface area contributed by atoms with Gasteiger partial charge in [0.05, 0.1) is 4.90 Å². The van der Waals surface area contributed by atoms with E-state index in [0.717, 1.165) is 32.1 Å². The largest absolute Gasteiger partial charge is 0.292 e. The van der Waals surface area contributed by atoms with Gasteiger partial charge in [-0.2, -0.15) is 0 Å². The molecule has 1 aliphatic carbocycles. The lowest BCUT2D eigenvalue weighted by atomic mass is 9.75. The molecule has 5 heteroatoms. The van der Waals surface area contributed by atoms with Crippen LogP contribution in [-0.2, 0) is 15.3 Å². The predicted octanol–water partition coefficient (Wildman–Crippen LogP) is 7.11. The number of hydrogen-bond donors (Lipinski definition) is 0. The molecule has 186 valence electrons. The van der Waals surface area contributed by atoms with Crippen LogP contribution >= 0.6 is 0 Å². The Bertz CT molecular complexity index is 1320. The molecule has 1 aliphatic rings. The molecule has 0 heterocycles. The van der Waals surface area contributed by atoms with Crippen molar-refractivity contribution in [2.24, 2.45) is 0 Å². The maximum absolute atomic E-state index is 13.9. The SMILES string of the molecule is CCCCCCCC/C(=C/C1(c2ccccc2)C(=O)c2ccccc2C1=O)S(=O)(=O)c1ccccc1. The molecule has 3 aromatic rings. The van der Waals surface area contributed by atoms with Crippen molar-refractivity contribution < 1.29 is 18.0 Å². The maximum atomic E-state index is 13.9. The van der Waals surface area contributed by atoms with E-state index in [2.05, 4.69) is 6.92 Å². The van der Waals surface area contributed by atoms with Gasteiger partial charge in [0.2, 0.25) is 9.84 Å². The summed E-state index contributed by atoms with van der Waals surface area (Å²) in [5.74, 6) is -0.754. The normalized spacial score (nSPS) is 15.2. The Kier molecular flexibility index (Phi) is 8.00. The molecule has 0 N–H and O–H groups in total. The molecule has 0 spiro atoms. The third-order valence-electron chi connectivity index (χ3n) is 6.91. The summed E-state index contributed by atoms with van der Waals surface area (Å²) < 4.78 is 27.7. The van der Waals surface area contributed by atoms with Crippen LogP contribution in [0, 0.1) is 0 Å². The zero-order valence-electron chi connectivity index (χ0n) is 20.7. The van der Waals surface area contributed by atoms with Gasteiger partial charge in [-0.1, -0.05) is 112 Å². The number of hydrogen-bond acceptors (Lipinski definition) is 4. The second-order valence-electron chi connectivity index (χ2n) is 9.32. The van der Waals surface area contributed by atoms with E-state index < -0.39 is 15.3 Å². The maximum Gasteiger partial charge on any atom is 0.202 e. The average Bonchev–Trinajstić information content (AvgIpc) is 3.13. The van der Waals surface area contributed by atoms with Gasteiger partial charge in [0.1, 0.15) is 5.41 Å². The highest BCUT2D eigenvalue weighted by molar-refractivity contribution is 7.95. The van der Waals surface area contributed by atoms with E-state index in [0.29, 0.717) is 23.1 Å². The Morgan fingerprint density at radius 2 is 1.19 bits per heavy atom. The molecule has 0 radical (unpaired) electrons. The Balaban J connectivity index is 1.85. The van der Waals surface area contributed by atoms with Crippen molar-refractivity contribution >= 4 is 21.4 Å². The molecule has 0 unspecified atom stereocenters. The molecular formula is C31H32O4S. The first-order valence-corrected chi connectivity index (χ1v) is 14.2. The molecule has 0 saturated heterocycles. The highest BCUT2D eigenvalue weighted by Crippen LogP contribution is 2.43. The number of unbranched alkanes of at least 4 members (excludes halogenated alkanes) is 5. The van der Waals surface area contributed by atoms with Crippen molar-refractivity contribution in [1.29, 1.82) is 0 Å². The molecule has 3 aromatic carbocycles. The molecule has 0 fully saturated rings. The summed E-state index contributed by atoms with van der Waals surface area (Å²) >= 11 is 0. The first-order valence-electron chi connectivity index (χ1n) is 12.7. The molecule has 0 saturated carbocycles. The second-order valence-corrected chi connectivity index (χ2v) is 11.3. The van der Waals surface area contributed by atoms with Crippen molar-refractivity contribution in [3.05, 3.63) is 113 Å². The molecule has 0 bridgehead atoms. The number of ketones is 2. The molecule has 0 aliphatic heterocycles. The van der Waals surface area contributed by atoms with Crippen LogP contribution in [0.2, 0.25) is 0 Å². The van der Waals surface area contributed by atoms with Crippen LogP contribution in [0.1, 0.15) is 78.1 Å². The lowest BCUT2D eigenvalue weighted by Crippen LogP contribution is -2.37. The fraction of sp³-hybridized carbons (Fsp3) is 0.290. The Labute approximate surface area is 214 Å². The van der Waals surface area contributed by atoms with Crippen LogP contribution in [0.4, 0.5) is 0 Å². The minimum atomic E-state index is -3.91. The minimum absolute atomic E-state index is 0.127.